The largest absolute Gasteiger partial charge is 0.374 e. The molecule has 1 N–H and O–H groups in total. The van der Waals surface area contributed by atoms with Gasteiger partial charge >= 0.3 is 0 Å². The van der Waals surface area contributed by atoms with Crippen LogP contribution in [0, 0.1) is 0 Å². The molecule has 0 atom stereocenters. The van der Waals surface area contributed by atoms with Crippen molar-refractivity contribution < 1.29 is 0 Å². The third kappa shape index (κ3) is 4.06. The number of nitrogens with one attached hydrogen (secondary N) is 1. The molecule has 35 heavy (non-hydrogen) atoms. The molecule has 0 fully saturated rings. The van der Waals surface area contributed by atoms with E-state index in [1.807, 2.05) is 0 Å². The van der Waals surface area contributed by atoms with Crippen LogP contribution in [0.2, 0.25) is 0 Å². The van der Waals surface area contributed by atoms with Crippen LogP contribution in [0.4, 0.5) is 0 Å². The van der Waals surface area contributed by atoms with Crippen molar-refractivity contribution >= 4 is 22.9 Å². The Labute approximate surface area is 211 Å². The normalized spacial score (nSPS) is 13.0. The van der Waals surface area contributed by atoms with E-state index in [0.717, 1.165) is 60.8 Å². The monoisotopic (exact) mass is 476 g/mol. The Kier molecular flexibility index (Phi) is 5.93. The molecule has 0 unspecified atom stereocenters. The van der Waals surface area contributed by atoms with Gasteiger partial charge in [-0.2, -0.15) is 0 Å². The molecular weight excluding hydrogens is 448 g/mol. The first-order chi connectivity index (χ1) is 17.3. The van der Waals surface area contributed by atoms with Gasteiger partial charge < -0.3 is 9.88 Å². The number of hydrogen-bond donors (Lipinski definition) is 1. The van der Waals surface area contributed by atoms with E-state index in [1.165, 1.54) is 27.9 Å². The third-order valence-electron chi connectivity index (χ3n) is 6.84. The summed E-state index contributed by atoms with van der Waals surface area (Å²) in [5, 5.41) is 8.73. The quantitative estimate of drug-likeness (QED) is 0.292. The highest BCUT2D eigenvalue weighted by Crippen LogP contribution is 2.38. The number of aryl methyl sites for hydroxylation is 2. The fraction of sp³-hybridized carbons (Fsp3) is 0.200. The minimum absolute atomic E-state index is 0.755. The van der Waals surface area contributed by atoms with Crippen LogP contribution in [0.5, 0.6) is 0 Å². The van der Waals surface area contributed by atoms with Gasteiger partial charge in [-0.1, -0.05) is 103 Å². The van der Waals surface area contributed by atoms with E-state index >= 15 is 0 Å². The maximum atomic E-state index is 6.05. The van der Waals surface area contributed by atoms with Crippen LogP contribution in [-0.2, 0) is 19.4 Å². The van der Waals surface area contributed by atoms with Crippen LogP contribution in [-0.4, -0.2) is 25.7 Å². The van der Waals surface area contributed by atoms with Crippen molar-refractivity contribution in [3.05, 3.63) is 108 Å². The summed E-state index contributed by atoms with van der Waals surface area (Å²) in [7, 11) is 0. The van der Waals surface area contributed by atoms with Crippen molar-refractivity contribution in [2.45, 2.75) is 32.2 Å². The molecule has 0 saturated carbocycles. The SMILES string of the molecule is S=C(NCCc1ccccc1)c1c(-c2ccccc2)c2c3n(c(-c4ccccc4)nn13)CCCC2. The second-order valence-electron chi connectivity index (χ2n) is 9.09. The zero-order valence-corrected chi connectivity index (χ0v) is 20.5. The maximum Gasteiger partial charge on any atom is 0.162 e. The highest BCUT2D eigenvalue weighted by Gasteiger charge is 2.29. The lowest BCUT2D eigenvalue weighted by atomic mass is 9.98. The highest BCUT2D eigenvalue weighted by molar-refractivity contribution is 7.80. The molecule has 2 aromatic heterocycles. The van der Waals surface area contributed by atoms with Crippen LogP contribution in [0.1, 0.15) is 29.7 Å². The lowest BCUT2D eigenvalue weighted by molar-refractivity contribution is 0.645. The number of nitrogens with zero attached hydrogens (tertiary/aromatic N) is 3. The van der Waals surface area contributed by atoms with Crippen LogP contribution >= 0.6 is 12.2 Å². The minimum Gasteiger partial charge on any atom is -0.374 e. The van der Waals surface area contributed by atoms with Crippen molar-refractivity contribution in [2.24, 2.45) is 0 Å². The first kappa shape index (κ1) is 21.8. The van der Waals surface area contributed by atoms with Gasteiger partial charge in [0, 0.05) is 29.8 Å². The molecule has 6 rings (SSSR count). The molecule has 3 aromatic carbocycles. The summed E-state index contributed by atoms with van der Waals surface area (Å²) in [4.78, 5) is 0.755. The molecule has 0 aliphatic carbocycles. The Bertz CT molecular complexity index is 1470. The molecule has 5 heteroatoms. The van der Waals surface area contributed by atoms with Gasteiger partial charge in [-0.05, 0) is 36.8 Å². The molecule has 4 nitrogen and oxygen atoms in total. The predicted octanol–water partition coefficient (Wildman–Crippen LogP) is 6.31. The average molecular weight is 477 g/mol. The van der Waals surface area contributed by atoms with Gasteiger partial charge in [-0.15, -0.1) is 5.10 Å². The van der Waals surface area contributed by atoms with Gasteiger partial charge in [0.25, 0.3) is 0 Å². The molecule has 3 heterocycles. The second-order valence-corrected chi connectivity index (χ2v) is 9.50. The molecule has 5 aromatic rings. The molecule has 0 radical (unpaired) electrons. The molecule has 1 aliphatic heterocycles. The van der Waals surface area contributed by atoms with Crippen LogP contribution in [0.25, 0.3) is 28.2 Å². The Morgan fingerprint density at radius 3 is 2.20 bits per heavy atom. The van der Waals surface area contributed by atoms with Crippen molar-refractivity contribution in [3.8, 4) is 22.5 Å². The van der Waals surface area contributed by atoms with E-state index in [0.29, 0.717) is 0 Å². The Morgan fingerprint density at radius 1 is 0.829 bits per heavy atom. The van der Waals surface area contributed by atoms with Crippen LogP contribution in [0.15, 0.2) is 91.0 Å². The molecule has 0 amide bonds. The van der Waals surface area contributed by atoms with Gasteiger partial charge in [-0.3, -0.25) is 0 Å². The van der Waals surface area contributed by atoms with E-state index in [4.69, 9.17) is 17.3 Å². The summed E-state index contributed by atoms with van der Waals surface area (Å²) in [6.45, 7) is 1.75. The maximum absolute atomic E-state index is 6.05. The fourth-order valence-corrected chi connectivity index (χ4v) is 5.50. The first-order valence-corrected chi connectivity index (χ1v) is 12.8. The van der Waals surface area contributed by atoms with Gasteiger partial charge in [-0.25, -0.2) is 4.52 Å². The van der Waals surface area contributed by atoms with Gasteiger partial charge in [0.2, 0.25) is 0 Å². The molecule has 0 saturated heterocycles. The average Bonchev–Trinajstić information content (AvgIpc) is 3.33. The van der Waals surface area contributed by atoms with Crippen molar-refractivity contribution in [2.75, 3.05) is 6.54 Å². The van der Waals surface area contributed by atoms with Crippen molar-refractivity contribution in [3.63, 3.8) is 0 Å². The van der Waals surface area contributed by atoms with E-state index in [1.54, 1.807) is 0 Å². The highest BCUT2D eigenvalue weighted by atomic mass is 32.1. The van der Waals surface area contributed by atoms with Gasteiger partial charge in [0.1, 0.15) is 16.3 Å². The summed E-state index contributed by atoms with van der Waals surface area (Å²) < 4.78 is 4.52. The lowest BCUT2D eigenvalue weighted by Crippen LogP contribution is -2.26. The molecule has 1 aliphatic rings. The third-order valence-corrected chi connectivity index (χ3v) is 7.17. The summed E-state index contributed by atoms with van der Waals surface area (Å²) >= 11 is 6.05. The number of benzene rings is 3. The summed E-state index contributed by atoms with van der Waals surface area (Å²) in [6.07, 6.45) is 4.25. The molecular formula is C30H28N4S. The van der Waals surface area contributed by atoms with Crippen LogP contribution < -0.4 is 5.32 Å². The zero-order valence-electron chi connectivity index (χ0n) is 19.7. The number of hydrogen-bond acceptors (Lipinski definition) is 2. The van der Waals surface area contributed by atoms with Crippen LogP contribution in [0.3, 0.4) is 0 Å². The van der Waals surface area contributed by atoms with E-state index in [9.17, 15) is 0 Å². The van der Waals surface area contributed by atoms with E-state index in [-0.39, 0.29) is 0 Å². The first-order valence-electron chi connectivity index (χ1n) is 12.4. The summed E-state index contributed by atoms with van der Waals surface area (Å²) in [6, 6.07) is 31.7. The Morgan fingerprint density at radius 2 is 1.49 bits per heavy atom. The summed E-state index contributed by atoms with van der Waals surface area (Å²) in [5.41, 5.74) is 8.40. The Balaban J connectivity index is 1.48. The lowest BCUT2D eigenvalue weighted by Gasteiger charge is -2.12. The molecule has 0 bridgehead atoms. The topological polar surface area (TPSA) is 34.3 Å². The predicted molar refractivity (Wildman–Crippen MR) is 147 cm³/mol. The summed E-state index contributed by atoms with van der Waals surface area (Å²) in [5.74, 6) is 1.01. The smallest absolute Gasteiger partial charge is 0.162 e. The molecule has 0 spiro atoms. The fourth-order valence-electron chi connectivity index (χ4n) is 5.21. The van der Waals surface area contributed by atoms with Gasteiger partial charge in [0.15, 0.2) is 5.82 Å². The zero-order chi connectivity index (χ0) is 23.6. The second kappa shape index (κ2) is 9.51. The van der Waals surface area contributed by atoms with E-state index in [2.05, 4.69) is 105 Å². The van der Waals surface area contributed by atoms with Crippen molar-refractivity contribution in [1.29, 1.82) is 0 Å². The van der Waals surface area contributed by atoms with E-state index < -0.39 is 0 Å². The number of aromatic nitrogens is 3. The standard InChI is InChI=1S/C30H28N4S/c35-29(31-20-19-22-12-4-1-5-13-22)27-26(23-14-6-2-7-15-23)25-18-10-11-21-33-28(32-34(27)30(25)33)24-16-8-3-9-17-24/h1-9,12-17H,10-11,18-21H2,(H,31,35). The number of rotatable bonds is 6. The molecule has 174 valence electrons. The number of thiocarbonyl (C=S) groups is 1. The minimum atomic E-state index is 0.755. The van der Waals surface area contributed by atoms with Gasteiger partial charge in [0.05, 0.1) is 0 Å². The van der Waals surface area contributed by atoms with Crippen molar-refractivity contribution in [1.82, 2.24) is 19.5 Å². The Hall–Kier alpha value is -3.70.